The fourth-order valence-electron chi connectivity index (χ4n) is 2.11. The third-order valence-corrected chi connectivity index (χ3v) is 2.98. The van der Waals surface area contributed by atoms with Crippen LogP contribution in [0.3, 0.4) is 0 Å². The molecule has 0 bridgehead atoms. The third-order valence-electron chi connectivity index (χ3n) is 2.98. The van der Waals surface area contributed by atoms with Gasteiger partial charge in [0, 0.05) is 20.0 Å². The summed E-state index contributed by atoms with van der Waals surface area (Å²) in [6, 6.07) is 3.45. The number of anilines is 2. The smallest absolute Gasteiger partial charge is 0.228 e. The molecule has 1 N–H and O–H groups in total. The van der Waals surface area contributed by atoms with Crippen molar-refractivity contribution in [2.45, 2.75) is 13.3 Å². The van der Waals surface area contributed by atoms with Crippen molar-refractivity contribution in [1.29, 1.82) is 0 Å². The fourth-order valence-corrected chi connectivity index (χ4v) is 2.11. The van der Waals surface area contributed by atoms with E-state index in [1.54, 1.807) is 24.1 Å². The Kier molecular flexibility index (Phi) is 3.99. The minimum atomic E-state index is -0.0185. The van der Waals surface area contributed by atoms with E-state index in [-0.39, 0.29) is 12.5 Å². The van der Waals surface area contributed by atoms with E-state index in [2.05, 4.69) is 10.3 Å². The minimum Gasteiger partial charge on any atom is -0.482 e. The molecule has 0 aliphatic carbocycles. The molecule has 0 unspecified atom stereocenters. The molecule has 0 radical (unpaired) electrons. The molecule has 1 aliphatic rings. The highest BCUT2D eigenvalue weighted by Gasteiger charge is 2.28. The van der Waals surface area contributed by atoms with E-state index in [9.17, 15) is 9.59 Å². The van der Waals surface area contributed by atoms with Crippen molar-refractivity contribution in [1.82, 2.24) is 4.98 Å². The van der Waals surface area contributed by atoms with Gasteiger partial charge in [-0.3, -0.25) is 14.5 Å². The number of nitrogens with zero attached hydrogens (tertiary/aromatic N) is 2. The molecule has 1 aliphatic heterocycles. The Hall–Kier alpha value is -2.11. The van der Waals surface area contributed by atoms with Gasteiger partial charge < -0.3 is 10.1 Å². The summed E-state index contributed by atoms with van der Waals surface area (Å²) < 4.78 is 5.25. The number of aromatic nitrogens is 1. The maximum absolute atomic E-state index is 11.8. The molecule has 0 spiro atoms. The van der Waals surface area contributed by atoms with Crippen LogP contribution in [0.1, 0.15) is 13.3 Å². The molecule has 0 aromatic carbocycles. The second-order valence-corrected chi connectivity index (χ2v) is 4.56. The average Bonchev–Trinajstić information content (AvgIpc) is 2.75. The molecular weight excluding hydrogens is 246 g/mol. The lowest BCUT2D eigenvalue weighted by Crippen LogP contribution is -2.25. The molecule has 2 rings (SSSR count). The quantitative estimate of drug-likeness (QED) is 0.805. The molecule has 1 atom stereocenters. The van der Waals surface area contributed by atoms with Gasteiger partial charge >= 0.3 is 0 Å². The van der Waals surface area contributed by atoms with E-state index >= 15 is 0 Å². The lowest BCUT2D eigenvalue weighted by molar-refractivity contribution is -0.117. The molecule has 0 saturated carbocycles. The van der Waals surface area contributed by atoms with Crippen molar-refractivity contribution < 1.29 is 14.3 Å². The summed E-state index contributed by atoms with van der Waals surface area (Å²) in [5, 5.41) is 2.90. The number of nitrogens with one attached hydrogen (secondary N) is 1. The van der Waals surface area contributed by atoms with Crippen LogP contribution in [0.25, 0.3) is 0 Å². The third kappa shape index (κ3) is 2.83. The standard InChI is InChI=1S/C13H17N3O3/c1-9-7-12(18)16(8-9)11-4-3-10(19-6-5-17)13(14-2)15-11/h3-5,9H,6-8H2,1-2H3,(H,14,15)/t9-/m1/s1. The molecule has 6 nitrogen and oxygen atoms in total. The van der Waals surface area contributed by atoms with Gasteiger partial charge in [-0.15, -0.1) is 0 Å². The summed E-state index contributed by atoms with van der Waals surface area (Å²) in [5.41, 5.74) is 0. The second kappa shape index (κ2) is 5.69. The maximum atomic E-state index is 11.8. The Morgan fingerprint density at radius 3 is 2.95 bits per heavy atom. The highest BCUT2D eigenvalue weighted by Crippen LogP contribution is 2.29. The Bertz CT molecular complexity index is 490. The van der Waals surface area contributed by atoms with Gasteiger partial charge in [0.2, 0.25) is 5.91 Å². The number of carbonyl (C=O) groups excluding carboxylic acids is 2. The van der Waals surface area contributed by atoms with Crippen molar-refractivity contribution in [2.75, 3.05) is 30.4 Å². The molecule has 6 heteroatoms. The van der Waals surface area contributed by atoms with Gasteiger partial charge in [-0.1, -0.05) is 6.92 Å². The fraction of sp³-hybridized carbons (Fsp3) is 0.462. The highest BCUT2D eigenvalue weighted by molar-refractivity contribution is 5.95. The second-order valence-electron chi connectivity index (χ2n) is 4.56. The first-order valence-electron chi connectivity index (χ1n) is 6.21. The Labute approximate surface area is 111 Å². The summed E-state index contributed by atoms with van der Waals surface area (Å²) in [4.78, 5) is 28.2. The Morgan fingerprint density at radius 2 is 2.37 bits per heavy atom. The molecule has 1 aromatic rings. The Morgan fingerprint density at radius 1 is 1.58 bits per heavy atom. The predicted octanol–water partition coefficient (Wildman–Crippen LogP) is 1.07. The summed E-state index contributed by atoms with van der Waals surface area (Å²) in [5.74, 6) is 2.06. The SMILES string of the molecule is CNc1nc(N2C[C@H](C)CC2=O)ccc1OCC=O. The number of rotatable bonds is 5. The number of aldehydes is 1. The summed E-state index contributed by atoms with van der Waals surface area (Å²) >= 11 is 0. The highest BCUT2D eigenvalue weighted by atomic mass is 16.5. The van der Waals surface area contributed by atoms with Crippen LogP contribution in [-0.4, -0.2) is 37.4 Å². The topological polar surface area (TPSA) is 71.5 Å². The zero-order valence-corrected chi connectivity index (χ0v) is 11.0. The summed E-state index contributed by atoms with van der Waals surface area (Å²) in [6.07, 6.45) is 1.24. The van der Waals surface area contributed by atoms with Gasteiger partial charge in [0.1, 0.15) is 12.4 Å². The van der Waals surface area contributed by atoms with Crippen LogP contribution in [0.2, 0.25) is 0 Å². The molecule has 19 heavy (non-hydrogen) atoms. The number of ether oxygens (including phenoxy) is 1. The molecule has 102 valence electrons. The van der Waals surface area contributed by atoms with Crippen molar-refractivity contribution in [2.24, 2.45) is 5.92 Å². The van der Waals surface area contributed by atoms with Crippen LogP contribution in [0, 0.1) is 5.92 Å². The zero-order valence-electron chi connectivity index (χ0n) is 11.0. The van der Waals surface area contributed by atoms with Crippen LogP contribution in [0.5, 0.6) is 5.75 Å². The van der Waals surface area contributed by atoms with Crippen molar-refractivity contribution in [3.05, 3.63) is 12.1 Å². The maximum Gasteiger partial charge on any atom is 0.228 e. The number of carbonyl (C=O) groups is 2. The van der Waals surface area contributed by atoms with E-state index in [1.807, 2.05) is 6.92 Å². The van der Waals surface area contributed by atoms with Gasteiger partial charge in [0.05, 0.1) is 0 Å². The van der Waals surface area contributed by atoms with E-state index < -0.39 is 0 Å². The average molecular weight is 263 g/mol. The molecule has 2 heterocycles. The van der Waals surface area contributed by atoms with Gasteiger partial charge in [0.25, 0.3) is 0 Å². The molecule has 1 amide bonds. The van der Waals surface area contributed by atoms with Gasteiger partial charge in [-0.05, 0) is 18.1 Å². The van der Waals surface area contributed by atoms with E-state index in [4.69, 9.17) is 4.74 Å². The van der Waals surface area contributed by atoms with E-state index in [1.165, 1.54) is 0 Å². The number of pyridine rings is 1. The molecule has 1 aromatic heterocycles. The van der Waals surface area contributed by atoms with E-state index in [0.717, 1.165) is 0 Å². The van der Waals surface area contributed by atoms with Crippen LogP contribution in [-0.2, 0) is 9.59 Å². The van der Waals surface area contributed by atoms with Gasteiger partial charge in [-0.25, -0.2) is 4.98 Å². The van der Waals surface area contributed by atoms with E-state index in [0.29, 0.717) is 42.6 Å². The lowest BCUT2D eigenvalue weighted by Gasteiger charge is -2.17. The van der Waals surface area contributed by atoms with Crippen LogP contribution < -0.4 is 15.0 Å². The molecule has 1 saturated heterocycles. The summed E-state index contributed by atoms with van der Waals surface area (Å²) in [7, 11) is 1.72. The van der Waals surface area contributed by atoms with Gasteiger partial charge in [0.15, 0.2) is 17.9 Å². The molecular formula is C13H17N3O3. The number of amides is 1. The van der Waals surface area contributed by atoms with Crippen molar-refractivity contribution >= 4 is 23.8 Å². The van der Waals surface area contributed by atoms with Crippen LogP contribution in [0.15, 0.2) is 12.1 Å². The minimum absolute atomic E-state index is 0.0185. The first kappa shape index (κ1) is 13.3. The number of hydrogen-bond donors (Lipinski definition) is 1. The normalized spacial score (nSPS) is 18.5. The lowest BCUT2D eigenvalue weighted by atomic mass is 10.2. The molecule has 1 fully saturated rings. The number of hydrogen-bond acceptors (Lipinski definition) is 5. The monoisotopic (exact) mass is 263 g/mol. The first-order valence-corrected chi connectivity index (χ1v) is 6.21. The van der Waals surface area contributed by atoms with Gasteiger partial charge in [-0.2, -0.15) is 0 Å². The summed E-state index contributed by atoms with van der Waals surface area (Å²) in [6.45, 7) is 2.71. The van der Waals surface area contributed by atoms with Crippen LogP contribution >= 0.6 is 0 Å². The van der Waals surface area contributed by atoms with Crippen molar-refractivity contribution in [3.63, 3.8) is 0 Å². The predicted molar refractivity (Wildman–Crippen MR) is 71.5 cm³/mol. The van der Waals surface area contributed by atoms with Crippen LogP contribution in [0.4, 0.5) is 11.6 Å². The Balaban J connectivity index is 2.23. The largest absolute Gasteiger partial charge is 0.482 e. The zero-order chi connectivity index (χ0) is 13.8. The van der Waals surface area contributed by atoms with Crippen molar-refractivity contribution in [3.8, 4) is 5.75 Å². The first-order chi connectivity index (χ1) is 9.15.